The number of aromatic nitrogens is 1. The van der Waals surface area contributed by atoms with Crippen LogP contribution in [0.2, 0.25) is 0 Å². The lowest BCUT2D eigenvalue weighted by Gasteiger charge is -2.27. The molecule has 0 spiro atoms. The van der Waals surface area contributed by atoms with Crippen LogP contribution in [0.4, 0.5) is 0 Å². The topological polar surface area (TPSA) is 42.1 Å². The van der Waals surface area contributed by atoms with E-state index >= 15 is 0 Å². The van der Waals surface area contributed by atoms with Crippen molar-refractivity contribution in [3.8, 4) is 0 Å². The van der Waals surface area contributed by atoms with Crippen molar-refractivity contribution in [3.63, 3.8) is 0 Å². The molecule has 0 aliphatic carbocycles. The number of aryl methyl sites for hydroxylation is 2. The van der Waals surface area contributed by atoms with E-state index in [2.05, 4.69) is 37.9 Å². The molecule has 3 nitrogen and oxygen atoms in total. The van der Waals surface area contributed by atoms with Gasteiger partial charge in [-0.25, -0.2) is 0 Å². The fourth-order valence-electron chi connectivity index (χ4n) is 2.96. The smallest absolute Gasteiger partial charge is 0.105 e. The summed E-state index contributed by atoms with van der Waals surface area (Å²) in [6, 6.07) is 4.23. The number of hydrogen-bond donors (Lipinski definition) is 1. The average molecular weight is 285 g/mol. The number of rotatable bonds is 1. The molecule has 1 aliphatic heterocycles. The van der Waals surface area contributed by atoms with Gasteiger partial charge in [-0.3, -0.25) is 4.98 Å². The molecule has 0 saturated heterocycles. The van der Waals surface area contributed by atoms with Crippen LogP contribution in [0, 0.1) is 13.8 Å². The Bertz CT molecular complexity index is 721. The second-order valence-electron chi connectivity index (χ2n) is 5.67. The quantitative estimate of drug-likeness (QED) is 0.817. The summed E-state index contributed by atoms with van der Waals surface area (Å²) < 4.78 is 0. The number of nitrogens with zero attached hydrogens (tertiary/aromatic N) is 2. The van der Waals surface area contributed by atoms with E-state index in [1.54, 1.807) is 0 Å². The molecule has 0 unspecified atom stereocenters. The maximum atomic E-state index is 6.02. The van der Waals surface area contributed by atoms with Crippen LogP contribution < -0.4 is 5.73 Å². The maximum Gasteiger partial charge on any atom is 0.105 e. The van der Waals surface area contributed by atoms with Gasteiger partial charge in [0, 0.05) is 36.2 Å². The summed E-state index contributed by atoms with van der Waals surface area (Å²) in [5.41, 5.74) is 12.9. The predicted octanol–water partition coefficient (Wildman–Crippen LogP) is 2.47. The van der Waals surface area contributed by atoms with Crippen LogP contribution in [-0.2, 0) is 13.0 Å². The van der Waals surface area contributed by atoms with Gasteiger partial charge in [-0.15, -0.1) is 0 Å². The van der Waals surface area contributed by atoms with Crippen molar-refractivity contribution in [1.82, 2.24) is 9.88 Å². The maximum absolute atomic E-state index is 6.02. The van der Waals surface area contributed by atoms with Crippen molar-refractivity contribution in [1.29, 1.82) is 0 Å². The van der Waals surface area contributed by atoms with Gasteiger partial charge in [0.1, 0.15) is 4.99 Å². The van der Waals surface area contributed by atoms with Crippen molar-refractivity contribution < 1.29 is 0 Å². The molecule has 2 aromatic rings. The van der Waals surface area contributed by atoms with Gasteiger partial charge in [0.05, 0.1) is 5.52 Å². The van der Waals surface area contributed by atoms with Crippen LogP contribution in [0.25, 0.3) is 10.9 Å². The molecule has 1 aromatic carbocycles. The molecule has 0 fully saturated rings. The van der Waals surface area contributed by atoms with Gasteiger partial charge in [-0.05, 0) is 37.6 Å². The minimum atomic E-state index is 0.479. The second kappa shape index (κ2) is 4.79. The molecular formula is C16H19N3S. The lowest BCUT2D eigenvalue weighted by atomic mass is 9.93. The Morgan fingerprint density at radius 2 is 2.10 bits per heavy atom. The largest absolute Gasteiger partial charge is 0.389 e. The third-order valence-corrected chi connectivity index (χ3v) is 4.48. The van der Waals surface area contributed by atoms with Gasteiger partial charge >= 0.3 is 0 Å². The highest BCUT2D eigenvalue weighted by atomic mass is 32.1. The summed E-state index contributed by atoms with van der Waals surface area (Å²) in [6.45, 7) is 6.14. The van der Waals surface area contributed by atoms with E-state index in [4.69, 9.17) is 22.9 Å². The molecule has 104 valence electrons. The van der Waals surface area contributed by atoms with Crippen LogP contribution in [0.5, 0.6) is 0 Å². The molecule has 0 saturated carbocycles. The summed E-state index contributed by atoms with van der Waals surface area (Å²) in [5, 5.41) is 1.09. The molecule has 0 atom stereocenters. The fourth-order valence-corrected chi connectivity index (χ4v) is 3.19. The summed E-state index contributed by atoms with van der Waals surface area (Å²) in [5.74, 6) is 0. The normalized spacial score (nSPS) is 15.3. The molecule has 2 N–H and O–H groups in total. The molecule has 20 heavy (non-hydrogen) atoms. The van der Waals surface area contributed by atoms with E-state index in [-0.39, 0.29) is 0 Å². The van der Waals surface area contributed by atoms with Crippen LogP contribution in [0.3, 0.4) is 0 Å². The predicted molar refractivity (Wildman–Crippen MR) is 87.1 cm³/mol. The van der Waals surface area contributed by atoms with Gasteiger partial charge in [0.2, 0.25) is 0 Å². The van der Waals surface area contributed by atoms with Crippen LogP contribution in [-0.4, -0.2) is 28.5 Å². The van der Waals surface area contributed by atoms with Crippen LogP contribution >= 0.6 is 12.2 Å². The van der Waals surface area contributed by atoms with E-state index in [0.29, 0.717) is 4.99 Å². The first-order chi connectivity index (χ1) is 9.49. The van der Waals surface area contributed by atoms with Gasteiger partial charge < -0.3 is 10.6 Å². The Morgan fingerprint density at radius 1 is 1.35 bits per heavy atom. The summed E-state index contributed by atoms with van der Waals surface area (Å²) >= 11 is 5.32. The van der Waals surface area contributed by atoms with Gasteiger partial charge in [-0.1, -0.05) is 24.4 Å². The summed E-state index contributed by atoms with van der Waals surface area (Å²) in [6.07, 6.45) is 0.963. The zero-order valence-corrected chi connectivity index (χ0v) is 13.0. The van der Waals surface area contributed by atoms with Gasteiger partial charge in [-0.2, -0.15) is 0 Å². The molecule has 1 aromatic heterocycles. The minimum absolute atomic E-state index is 0.479. The molecule has 0 amide bonds. The lowest BCUT2D eigenvalue weighted by Crippen LogP contribution is -2.30. The van der Waals surface area contributed by atoms with Crippen molar-refractivity contribution >= 4 is 28.1 Å². The zero-order valence-electron chi connectivity index (χ0n) is 12.2. The van der Waals surface area contributed by atoms with Crippen LogP contribution in [0.15, 0.2) is 12.1 Å². The first kappa shape index (κ1) is 13.5. The second-order valence-corrected chi connectivity index (χ2v) is 6.11. The Morgan fingerprint density at radius 3 is 2.80 bits per heavy atom. The zero-order chi connectivity index (χ0) is 14.4. The monoisotopic (exact) mass is 285 g/mol. The number of nitrogens with two attached hydrogens (primary N) is 1. The van der Waals surface area contributed by atoms with Gasteiger partial charge in [0.15, 0.2) is 0 Å². The highest BCUT2D eigenvalue weighted by molar-refractivity contribution is 7.80. The third-order valence-electron chi connectivity index (χ3n) is 4.27. The molecule has 3 rings (SSSR count). The summed E-state index contributed by atoms with van der Waals surface area (Å²) in [7, 11) is 2.12. The lowest BCUT2D eigenvalue weighted by molar-refractivity contribution is 0.310. The van der Waals surface area contributed by atoms with E-state index in [9.17, 15) is 0 Å². The Kier molecular flexibility index (Phi) is 3.22. The number of likely N-dealkylation sites (N-methyl/N-ethyl adjacent to an activating group) is 1. The number of thiocarbonyl (C=S) groups is 1. The number of fused-ring (bicyclic) bond motifs is 2. The first-order valence-corrected chi connectivity index (χ1v) is 7.30. The Labute approximate surface area is 124 Å². The number of benzene rings is 1. The molecule has 0 bridgehead atoms. The Hall–Kier alpha value is -1.52. The van der Waals surface area contributed by atoms with Crippen molar-refractivity contribution in [2.24, 2.45) is 5.73 Å². The average Bonchev–Trinajstić information content (AvgIpc) is 2.40. The number of pyridine rings is 1. The molecule has 2 heterocycles. The highest BCUT2D eigenvalue weighted by Crippen LogP contribution is 2.30. The molecule has 1 aliphatic rings. The standard InChI is InChI=1S/C16H19N3S/c1-9-4-5-11-14(16(17)20)12-8-19(3)7-6-13(12)18-15(11)10(9)2/h4-5H,6-8H2,1-3H3,(H2,17,20). The Balaban J connectivity index is 2.41. The molecule has 0 radical (unpaired) electrons. The van der Waals surface area contributed by atoms with E-state index < -0.39 is 0 Å². The van der Waals surface area contributed by atoms with E-state index in [1.165, 1.54) is 16.7 Å². The van der Waals surface area contributed by atoms with Crippen molar-refractivity contribution in [3.05, 3.63) is 40.1 Å². The molecule has 4 heteroatoms. The first-order valence-electron chi connectivity index (χ1n) is 6.89. The minimum Gasteiger partial charge on any atom is -0.389 e. The van der Waals surface area contributed by atoms with Gasteiger partial charge in [0.25, 0.3) is 0 Å². The van der Waals surface area contributed by atoms with E-state index in [0.717, 1.165) is 41.7 Å². The van der Waals surface area contributed by atoms with Crippen molar-refractivity contribution in [2.45, 2.75) is 26.8 Å². The summed E-state index contributed by atoms with van der Waals surface area (Å²) in [4.78, 5) is 7.68. The van der Waals surface area contributed by atoms with Crippen LogP contribution in [0.1, 0.15) is 27.9 Å². The number of hydrogen-bond acceptors (Lipinski definition) is 3. The fraction of sp³-hybridized carbons (Fsp3) is 0.375. The van der Waals surface area contributed by atoms with Crippen molar-refractivity contribution in [2.75, 3.05) is 13.6 Å². The SMILES string of the molecule is Cc1ccc2c(C(N)=S)c3c(nc2c1C)CCN(C)C3. The highest BCUT2D eigenvalue weighted by Gasteiger charge is 2.22. The van der Waals surface area contributed by atoms with E-state index in [1.807, 2.05) is 0 Å². The molecular weight excluding hydrogens is 266 g/mol. The third kappa shape index (κ3) is 2.00.